The zero-order chi connectivity index (χ0) is 51.3. The number of carbonyl (C=O) groups is 2. The maximum Gasteiger partial charge on any atom is 0.472 e. The lowest BCUT2D eigenvalue weighted by atomic mass is 10.0. The van der Waals surface area contributed by atoms with Crippen molar-refractivity contribution in [2.24, 2.45) is 0 Å². The van der Waals surface area contributed by atoms with Gasteiger partial charge in [-0.2, -0.15) is 0 Å². The second kappa shape index (κ2) is 50.9. The number of allylic oxidation sites excluding steroid dienone is 16. The van der Waals surface area contributed by atoms with E-state index >= 15 is 0 Å². The van der Waals surface area contributed by atoms with Gasteiger partial charge in [0.2, 0.25) is 0 Å². The largest absolute Gasteiger partial charge is 0.472 e. The van der Waals surface area contributed by atoms with Crippen LogP contribution in [0.3, 0.4) is 0 Å². The van der Waals surface area contributed by atoms with Crippen LogP contribution < -0.4 is 0 Å². The molecule has 70 heavy (non-hydrogen) atoms. The van der Waals surface area contributed by atoms with Gasteiger partial charge in [-0.25, -0.2) is 4.57 Å². The summed E-state index contributed by atoms with van der Waals surface area (Å²) in [6.07, 6.45) is 69.1. The number of likely N-dealkylation sites (N-methyl/N-ethyl adjacent to an activating group) is 1. The molecule has 0 heterocycles. The monoisotopic (exact) mass is 999 g/mol. The molecule has 9 nitrogen and oxygen atoms in total. The van der Waals surface area contributed by atoms with Gasteiger partial charge in [0.1, 0.15) is 19.8 Å². The van der Waals surface area contributed by atoms with Crippen LogP contribution in [0.25, 0.3) is 0 Å². The van der Waals surface area contributed by atoms with Crippen LogP contribution in [0.1, 0.15) is 219 Å². The molecule has 0 rings (SSSR count). The molecule has 0 bridgehead atoms. The normalized spacial score (nSPS) is 14.1. The molecule has 0 radical (unpaired) electrons. The van der Waals surface area contributed by atoms with Crippen LogP contribution >= 0.6 is 7.82 Å². The van der Waals surface area contributed by atoms with Crippen molar-refractivity contribution in [2.45, 2.75) is 225 Å². The first-order chi connectivity index (χ1) is 34.0. The van der Waals surface area contributed by atoms with Crippen LogP contribution in [0.5, 0.6) is 0 Å². The molecule has 2 unspecified atom stereocenters. The topological polar surface area (TPSA) is 108 Å². The molecule has 402 valence electrons. The van der Waals surface area contributed by atoms with E-state index in [9.17, 15) is 19.0 Å². The molecule has 2 atom stereocenters. The third-order valence-electron chi connectivity index (χ3n) is 11.6. The number of hydrogen-bond acceptors (Lipinski definition) is 7. The summed E-state index contributed by atoms with van der Waals surface area (Å²) in [5.41, 5.74) is 0. The summed E-state index contributed by atoms with van der Waals surface area (Å²) in [5.74, 6) is -0.805. The predicted molar refractivity (Wildman–Crippen MR) is 298 cm³/mol. The first kappa shape index (κ1) is 66.9. The molecule has 0 aromatic rings. The van der Waals surface area contributed by atoms with Crippen LogP contribution in [-0.2, 0) is 32.7 Å². The van der Waals surface area contributed by atoms with Gasteiger partial charge in [-0.15, -0.1) is 0 Å². The van der Waals surface area contributed by atoms with Gasteiger partial charge in [0.05, 0.1) is 27.7 Å². The van der Waals surface area contributed by atoms with Gasteiger partial charge in [0.15, 0.2) is 6.10 Å². The number of hydrogen-bond donors (Lipinski definition) is 1. The van der Waals surface area contributed by atoms with Crippen molar-refractivity contribution >= 4 is 19.8 Å². The van der Waals surface area contributed by atoms with E-state index in [4.69, 9.17) is 18.5 Å². The van der Waals surface area contributed by atoms with Crippen LogP contribution in [-0.4, -0.2) is 74.9 Å². The summed E-state index contributed by atoms with van der Waals surface area (Å²) in [6, 6.07) is 0. The Bertz CT molecular complexity index is 1500. The SMILES string of the molecule is CC/C=C\C/C=C\C/C=C\C/C=C\C/C=C\C/C=C\C/C=C\C/C=C\CCCCCCCCCCCCC(=O)OC(COC(=O)CCCCCCCCCCCCC)COP(=O)(O)OCC[N+](C)(C)C. The first-order valence-electron chi connectivity index (χ1n) is 28.0. The Balaban J connectivity index is 4.09. The Morgan fingerprint density at radius 3 is 1.21 bits per heavy atom. The number of phosphoric acid groups is 1. The van der Waals surface area contributed by atoms with Gasteiger partial charge in [0.25, 0.3) is 0 Å². The molecular weight excluding hydrogens is 894 g/mol. The highest BCUT2D eigenvalue weighted by Gasteiger charge is 2.27. The maximum absolute atomic E-state index is 12.8. The van der Waals surface area contributed by atoms with E-state index in [0.717, 1.165) is 96.3 Å². The van der Waals surface area contributed by atoms with Gasteiger partial charge in [0, 0.05) is 12.8 Å². The number of phosphoric ester groups is 1. The van der Waals surface area contributed by atoms with Gasteiger partial charge in [-0.05, 0) is 77.0 Å². The molecule has 0 saturated heterocycles. The van der Waals surface area contributed by atoms with Crippen molar-refractivity contribution in [2.75, 3.05) is 47.5 Å². The number of quaternary nitrogens is 1. The highest BCUT2D eigenvalue weighted by molar-refractivity contribution is 7.47. The van der Waals surface area contributed by atoms with E-state index in [1.807, 2.05) is 21.1 Å². The minimum atomic E-state index is -4.38. The average molecular weight is 999 g/mol. The van der Waals surface area contributed by atoms with Gasteiger partial charge < -0.3 is 18.9 Å². The van der Waals surface area contributed by atoms with E-state index in [2.05, 4.69) is 111 Å². The number of nitrogens with zero attached hydrogens (tertiary/aromatic N) is 1. The summed E-state index contributed by atoms with van der Waals surface area (Å²) in [4.78, 5) is 35.5. The maximum atomic E-state index is 12.8. The standard InChI is InChI=1S/C60H104NO8P/c1-6-8-10-12-14-16-18-19-20-21-22-23-24-25-26-27-28-29-30-31-32-33-34-35-36-37-38-39-40-41-43-45-47-49-51-53-60(63)69-58(57-68-70(64,65)67-55-54-61(3,4)5)56-66-59(62)52-50-48-46-44-42-17-15-13-11-9-7-2/h8,10,14,16,19-20,22-23,25-26,28-29,31-32,34-35,58H,6-7,9,11-13,15,17-18,21,24,27,30,33,36-57H2,1-5H3/p+1/b10-8-,16-14-,20-19-,23-22-,26-25-,29-28-,32-31-,35-34-. The van der Waals surface area contributed by atoms with Crippen molar-refractivity contribution in [1.29, 1.82) is 0 Å². The van der Waals surface area contributed by atoms with Crippen LogP contribution in [0.4, 0.5) is 0 Å². The molecule has 10 heteroatoms. The third-order valence-corrected chi connectivity index (χ3v) is 12.6. The Hall–Kier alpha value is -3.07. The Morgan fingerprint density at radius 2 is 0.814 bits per heavy atom. The highest BCUT2D eigenvalue weighted by atomic mass is 31.2. The predicted octanol–water partition coefficient (Wildman–Crippen LogP) is 17.3. The van der Waals surface area contributed by atoms with E-state index < -0.39 is 26.5 Å². The van der Waals surface area contributed by atoms with Crippen LogP contribution in [0.2, 0.25) is 0 Å². The first-order valence-corrected chi connectivity index (χ1v) is 29.5. The molecule has 0 fully saturated rings. The third kappa shape index (κ3) is 54.3. The van der Waals surface area contributed by atoms with Gasteiger partial charge in [-0.3, -0.25) is 18.6 Å². The fourth-order valence-corrected chi connectivity index (χ4v) is 8.07. The Kier molecular flexibility index (Phi) is 48.6. The fraction of sp³-hybridized carbons (Fsp3) is 0.700. The van der Waals surface area contributed by atoms with E-state index in [0.29, 0.717) is 17.4 Å². The lowest BCUT2D eigenvalue weighted by Crippen LogP contribution is -2.37. The molecular formula is C60H105NO8P+. The van der Waals surface area contributed by atoms with Crippen molar-refractivity contribution in [3.63, 3.8) is 0 Å². The molecule has 0 aliphatic carbocycles. The van der Waals surface area contributed by atoms with E-state index in [-0.39, 0.29) is 32.0 Å². The van der Waals surface area contributed by atoms with Crippen LogP contribution in [0, 0.1) is 0 Å². The van der Waals surface area contributed by atoms with E-state index in [1.54, 1.807) is 0 Å². The zero-order valence-corrected chi connectivity index (χ0v) is 46.4. The van der Waals surface area contributed by atoms with Crippen molar-refractivity contribution in [3.05, 3.63) is 97.2 Å². The number of carbonyl (C=O) groups excluding carboxylic acids is 2. The molecule has 0 aliphatic rings. The minimum Gasteiger partial charge on any atom is -0.462 e. The summed E-state index contributed by atoms with van der Waals surface area (Å²) in [6.45, 7) is 4.30. The number of unbranched alkanes of at least 4 members (excludes halogenated alkanes) is 20. The number of esters is 2. The summed E-state index contributed by atoms with van der Waals surface area (Å²) in [7, 11) is 1.47. The minimum absolute atomic E-state index is 0.0281. The molecule has 0 aromatic carbocycles. The molecule has 1 N–H and O–H groups in total. The Labute approximate surface area is 430 Å². The van der Waals surface area contributed by atoms with Crippen molar-refractivity contribution in [3.8, 4) is 0 Å². The number of rotatable bonds is 50. The quantitative estimate of drug-likeness (QED) is 0.0211. The van der Waals surface area contributed by atoms with Gasteiger partial charge in [-0.1, -0.05) is 227 Å². The van der Waals surface area contributed by atoms with Crippen LogP contribution in [0.15, 0.2) is 97.2 Å². The van der Waals surface area contributed by atoms with E-state index in [1.165, 1.54) is 89.9 Å². The molecule has 0 aromatic heterocycles. The number of ether oxygens (including phenoxy) is 2. The molecule has 0 aliphatic heterocycles. The highest BCUT2D eigenvalue weighted by Crippen LogP contribution is 2.43. The summed E-state index contributed by atoms with van der Waals surface area (Å²) < 4.78 is 34.4. The lowest BCUT2D eigenvalue weighted by Gasteiger charge is -2.24. The summed E-state index contributed by atoms with van der Waals surface area (Å²) in [5, 5.41) is 0. The molecule has 0 spiro atoms. The summed E-state index contributed by atoms with van der Waals surface area (Å²) >= 11 is 0. The molecule has 0 amide bonds. The van der Waals surface area contributed by atoms with Crippen molar-refractivity contribution in [1.82, 2.24) is 0 Å². The fourth-order valence-electron chi connectivity index (χ4n) is 7.32. The molecule has 0 saturated carbocycles. The average Bonchev–Trinajstić information content (AvgIpc) is 3.32. The second-order valence-electron chi connectivity index (χ2n) is 19.6. The van der Waals surface area contributed by atoms with Gasteiger partial charge >= 0.3 is 19.8 Å². The Morgan fingerprint density at radius 1 is 0.457 bits per heavy atom. The van der Waals surface area contributed by atoms with Crippen molar-refractivity contribution < 1.29 is 42.1 Å². The lowest BCUT2D eigenvalue weighted by molar-refractivity contribution is -0.870. The second-order valence-corrected chi connectivity index (χ2v) is 21.0. The smallest absolute Gasteiger partial charge is 0.462 e. The zero-order valence-electron chi connectivity index (χ0n) is 45.5.